The molecule has 0 radical (unpaired) electrons. The molecule has 0 aliphatic heterocycles. The van der Waals surface area contributed by atoms with Crippen LogP contribution in [0, 0.1) is 0 Å². The fraction of sp³-hybridized carbons (Fsp3) is 0. The molecule has 0 bridgehead atoms. The zero-order valence-electron chi connectivity index (χ0n) is 80.2. The second-order valence-electron chi connectivity index (χ2n) is 38.3. The second-order valence-corrected chi connectivity index (χ2v) is 45.2. The molecule has 11 heteroatoms. The summed E-state index contributed by atoms with van der Waals surface area (Å²) in [7, 11) is -2.64. The van der Waals surface area contributed by atoms with Gasteiger partial charge in [0, 0.05) is 125 Å². The largest absolute Gasteiger partial charge is 0.309 e. The maximum absolute atomic E-state index is 4.54. The summed E-state index contributed by atoms with van der Waals surface area (Å²) in [6.07, 6.45) is 1.84. The van der Waals surface area contributed by atoms with Gasteiger partial charge in [0.2, 0.25) is 0 Å². The minimum absolute atomic E-state index is 0.979. The lowest BCUT2D eigenvalue weighted by Crippen LogP contribution is -2.74. The van der Waals surface area contributed by atoms with Gasteiger partial charge in [-0.1, -0.05) is 376 Å². The molecule has 0 aliphatic carbocycles. The molecule has 0 atom stereocenters. The first-order valence-corrected chi connectivity index (χ1v) is 54.9. The number of rotatable bonds is 14. The van der Waals surface area contributed by atoms with Crippen LogP contribution in [0.15, 0.2) is 540 Å². The van der Waals surface area contributed by atoms with E-state index in [-0.39, 0.29) is 0 Å². The van der Waals surface area contributed by atoms with E-state index in [0.29, 0.717) is 0 Å². The summed E-state index contributed by atoms with van der Waals surface area (Å²) in [6, 6.07) is 195. The molecule has 0 spiro atoms. The van der Waals surface area contributed by atoms with Gasteiger partial charge in [-0.15, -0.1) is 34.0 Å². The van der Waals surface area contributed by atoms with Gasteiger partial charge in [0.1, 0.15) is 0 Å². The predicted octanol–water partition coefficient (Wildman–Crippen LogP) is 34.7. The van der Waals surface area contributed by atoms with Crippen LogP contribution in [0.4, 0.5) is 0 Å². The van der Waals surface area contributed by atoms with Crippen LogP contribution in [0.5, 0.6) is 0 Å². The fourth-order valence-corrected chi connectivity index (χ4v) is 32.0. The molecule has 7 nitrogen and oxygen atoms in total. The smallest absolute Gasteiger partial charge is 0.179 e. The van der Waals surface area contributed by atoms with Crippen molar-refractivity contribution in [3.05, 3.63) is 540 Å². The van der Waals surface area contributed by atoms with E-state index < -0.39 is 8.07 Å². The molecule has 0 N–H and O–H groups in total. The molecule has 10 aromatic heterocycles. The van der Waals surface area contributed by atoms with Crippen LogP contribution in [0.25, 0.3) is 238 Å². The first-order valence-electron chi connectivity index (χ1n) is 50.4. The van der Waals surface area contributed by atoms with Gasteiger partial charge in [-0.3, -0.25) is 4.98 Å². The third-order valence-corrected chi connectivity index (χ3v) is 38.6. The monoisotopic (exact) mass is 1960 g/mol. The van der Waals surface area contributed by atoms with Gasteiger partial charge in [-0.05, 0) is 212 Å². The summed E-state index contributed by atoms with van der Waals surface area (Å²) in [5.41, 5.74) is 31.1. The Morgan fingerprint density at radius 1 is 0.155 bits per heavy atom. The lowest BCUT2D eigenvalue weighted by atomic mass is 10.0. The van der Waals surface area contributed by atoms with E-state index in [0.717, 1.165) is 22.6 Å². The van der Waals surface area contributed by atoms with E-state index >= 15 is 0 Å². The zero-order valence-corrected chi connectivity index (χ0v) is 83.7. The first-order chi connectivity index (χ1) is 73.4. The van der Waals surface area contributed by atoms with Gasteiger partial charge >= 0.3 is 0 Å². The van der Waals surface area contributed by atoms with Crippen molar-refractivity contribution >= 4 is 222 Å². The second kappa shape index (κ2) is 35.6. The molecule has 0 saturated carbocycles. The SMILES string of the molecule is c1cc(-c2ccc(-n3c4ccccc4c4sc5ccccc5c43)cc2)cc(-n2c3ccccc3c3ccccc32)c1.c1ccc(-c2ccc(-n3c4ccccc4c4ccc(-c5ccc(-n6c7ccccc7c7sc8ccccc8c76)cc5)cc43)cc2)nc1.c1ccc([Si](c2ccccc2)(c2ccccc2)c2ccc(-n3c4ccccc4c4ccc(-c5ccc(-n6c7ccccc7c7sc8ccccc8c76)cc5)cc43)cc2)cc1. The Hall–Kier alpha value is -18.3. The molecule has 0 unspecified atom stereocenters. The molecule has 694 valence electrons. The van der Waals surface area contributed by atoms with Crippen molar-refractivity contribution in [2.24, 2.45) is 0 Å². The molecule has 31 aromatic rings. The highest BCUT2D eigenvalue weighted by Gasteiger charge is 2.42. The zero-order chi connectivity index (χ0) is 97.4. The van der Waals surface area contributed by atoms with Crippen molar-refractivity contribution in [1.29, 1.82) is 0 Å². The summed E-state index contributed by atoms with van der Waals surface area (Å²) in [6.45, 7) is 0. The van der Waals surface area contributed by atoms with Gasteiger partial charge in [0.25, 0.3) is 0 Å². The molecular formula is C137H89N7S3Si. The Morgan fingerprint density at radius 2 is 0.412 bits per heavy atom. The summed E-state index contributed by atoms with van der Waals surface area (Å²) in [4.78, 5) is 4.54. The minimum atomic E-state index is -2.64. The quantitative estimate of drug-likeness (QED) is 0.0790. The highest BCUT2D eigenvalue weighted by Crippen LogP contribution is 2.49. The molecule has 0 saturated heterocycles. The van der Waals surface area contributed by atoms with E-state index in [1.54, 1.807) is 0 Å². The van der Waals surface area contributed by atoms with Gasteiger partial charge in [-0.25, -0.2) is 0 Å². The molecule has 0 fully saturated rings. The number of fused-ring (bicyclic) bond motifs is 24. The Morgan fingerprint density at radius 3 is 0.757 bits per heavy atom. The number of benzene rings is 21. The van der Waals surface area contributed by atoms with Crippen LogP contribution in [0.2, 0.25) is 0 Å². The van der Waals surface area contributed by atoms with Gasteiger partial charge in [-0.2, -0.15) is 0 Å². The van der Waals surface area contributed by atoms with E-state index in [2.05, 4.69) is 554 Å². The molecule has 0 aliphatic rings. The van der Waals surface area contributed by atoms with E-state index in [9.17, 15) is 0 Å². The van der Waals surface area contributed by atoms with Gasteiger partial charge in [0.15, 0.2) is 8.07 Å². The lowest BCUT2D eigenvalue weighted by Gasteiger charge is -2.34. The average Bonchev–Trinajstić information content (AvgIpc) is 0.900. The van der Waals surface area contributed by atoms with E-state index in [1.165, 1.54) is 236 Å². The Bertz CT molecular complexity index is 10400. The predicted molar refractivity (Wildman–Crippen MR) is 635 cm³/mol. The average molecular weight is 1960 g/mol. The number of hydrogen-bond donors (Lipinski definition) is 0. The van der Waals surface area contributed by atoms with Crippen molar-refractivity contribution in [3.63, 3.8) is 0 Å². The van der Waals surface area contributed by atoms with Crippen LogP contribution in [0.3, 0.4) is 0 Å². The maximum Gasteiger partial charge on any atom is 0.179 e. The standard InChI is InChI=1S/C56H38N2SSi.C43H27N3S.C38H24N2S/c1-4-16-43(17-5-1)60(44-18-6-2-7-19-44,45-20-8-3-9-21-45)46-35-33-41(34-36-46)57-51-25-13-10-22-47(51)48-37-30-40(38-53(48)57)39-28-31-42(32-29-39)58-52-26-14-11-23-49(52)56-55(58)50-24-12-15-27-54(50)59-56;1-4-13-38-33(9-1)34-25-20-30(27-40(34)45(38)31-23-18-29(19-24-31)37-12-7-8-26-44-37)28-16-21-32(22-17-28)46-39-14-5-2-10-35(39)43-42(46)36-11-3-6-15-41(36)47-43;1-5-16-33-29(12-1)30-13-2-6-17-34(30)39(33)28-11-9-10-26(24-28)25-20-22-27(23-21-25)40-35-18-7-3-14-31(35)38-37(40)32-15-4-8-19-36(32)41-38/h1-38H;1-27H;1-24H. The lowest BCUT2D eigenvalue weighted by molar-refractivity contribution is 1.18. The summed E-state index contributed by atoms with van der Waals surface area (Å²) < 4.78 is 22.5. The van der Waals surface area contributed by atoms with Gasteiger partial charge < -0.3 is 27.4 Å². The van der Waals surface area contributed by atoms with E-state index in [4.69, 9.17) is 0 Å². The number of nitrogens with zero attached hydrogens (tertiary/aromatic N) is 7. The topological polar surface area (TPSA) is 42.5 Å². The summed E-state index contributed by atoms with van der Waals surface area (Å²) in [5, 5.41) is 20.9. The fourth-order valence-electron chi connectivity index (χ4n) is 23.6. The summed E-state index contributed by atoms with van der Waals surface area (Å²) in [5.74, 6) is 0. The van der Waals surface area contributed by atoms with Crippen molar-refractivity contribution in [3.8, 4) is 78.8 Å². The summed E-state index contributed by atoms with van der Waals surface area (Å²) >= 11 is 5.65. The molecule has 31 rings (SSSR count). The van der Waals surface area contributed by atoms with Crippen LogP contribution >= 0.6 is 34.0 Å². The third-order valence-electron chi connectivity index (χ3n) is 30.2. The number of aromatic nitrogens is 7. The third kappa shape index (κ3) is 14.1. The molecular weight excluding hydrogens is 1870 g/mol. The number of hydrogen-bond acceptors (Lipinski definition) is 4. The number of pyridine rings is 1. The molecule has 148 heavy (non-hydrogen) atoms. The van der Waals surface area contributed by atoms with Crippen molar-refractivity contribution < 1.29 is 0 Å². The van der Waals surface area contributed by atoms with E-state index in [1.807, 2.05) is 52.3 Å². The van der Waals surface area contributed by atoms with Crippen LogP contribution < -0.4 is 20.7 Å². The van der Waals surface area contributed by atoms with Crippen LogP contribution in [0.1, 0.15) is 0 Å². The van der Waals surface area contributed by atoms with Crippen LogP contribution in [-0.4, -0.2) is 40.5 Å². The number of thiophene rings is 3. The number of para-hydroxylation sites is 7. The van der Waals surface area contributed by atoms with Crippen LogP contribution in [-0.2, 0) is 0 Å². The minimum Gasteiger partial charge on any atom is -0.309 e. The molecule has 21 aromatic carbocycles. The molecule has 10 heterocycles. The normalized spacial score (nSPS) is 11.9. The Labute approximate surface area is 866 Å². The highest BCUT2D eigenvalue weighted by atomic mass is 32.1. The maximum atomic E-state index is 4.54. The Balaban J connectivity index is 0.000000107. The highest BCUT2D eigenvalue weighted by molar-refractivity contribution is 7.27. The van der Waals surface area contributed by atoms with Crippen molar-refractivity contribution in [2.45, 2.75) is 0 Å². The Kier molecular flexibility index (Phi) is 20.8. The van der Waals surface area contributed by atoms with Crippen molar-refractivity contribution in [1.82, 2.24) is 32.4 Å². The van der Waals surface area contributed by atoms with Gasteiger partial charge in [0.05, 0.1) is 86.0 Å². The first kappa shape index (κ1) is 86.4. The van der Waals surface area contributed by atoms with Crippen molar-refractivity contribution in [2.75, 3.05) is 0 Å². The molecule has 0 amide bonds.